The molecule has 1 unspecified atom stereocenters. The Hall–Kier alpha value is -1.95. The lowest BCUT2D eigenvalue weighted by atomic mass is 10.2. The molecule has 0 spiro atoms. The Balaban J connectivity index is 1.43. The number of aliphatic imine (C=N–C) groups is 1. The zero-order valence-corrected chi connectivity index (χ0v) is 16.8. The third-order valence-corrected chi connectivity index (χ3v) is 5.06. The molecule has 1 atom stereocenters. The Kier molecular flexibility index (Phi) is 7.21. The van der Waals surface area contributed by atoms with Crippen LogP contribution >= 0.6 is 11.6 Å². The maximum absolute atomic E-state index is 11.7. The summed E-state index contributed by atoms with van der Waals surface area (Å²) in [6.07, 6.45) is 4.64. The van der Waals surface area contributed by atoms with Crippen molar-refractivity contribution in [3.63, 3.8) is 0 Å². The van der Waals surface area contributed by atoms with E-state index in [0.717, 1.165) is 62.0 Å². The molecule has 148 valence electrons. The van der Waals surface area contributed by atoms with Gasteiger partial charge in [0.15, 0.2) is 5.96 Å². The summed E-state index contributed by atoms with van der Waals surface area (Å²) in [4.78, 5) is 18.7. The number of carbonyl (C=O) groups excluding carboxylic acids is 1. The molecular formula is C20H30ClN5O. The molecule has 1 aliphatic heterocycles. The predicted octanol–water partition coefficient (Wildman–Crippen LogP) is 2.53. The van der Waals surface area contributed by atoms with Crippen molar-refractivity contribution >= 4 is 29.2 Å². The van der Waals surface area contributed by atoms with Crippen LogP contribution in [0.5, 0.6) is 0 Å². The highest BCUT2D eigenvalue weighted by atomic mass is 35.5. The van der Waals surface area contributed by atoms with Crippen molar-refractivity contribution in [1.82, 2.24) is 16.0 Å². The third-order valence-electron chi connectivity index (χ3n) is 4.82. The average Bonchev–Trinajstić information content (AvgIpc) is 3.33. The lowest BCUT2D eigenvalue weighted by molar-refractivity contribution is -0.121. The van der Waals surface area contributed by atoms with Crippen molar-refractivity contribution in [1.29, 1.82) is 0 Å². The highest BCUT2D eigenvalue weighted by molar-refractivity contribution is 6.30. The van der Waals surface area contributed by atoms with Gasteiger partial charge in [-0.05, 0) is 50.8 Å². The summed E-state index contributed by atoms with van der Waals surface area (Å²) in [5, 5.41) is 10.6. The number of hydrogen-bond acceptors (Lipinski definition) is 3. The van der Waals surface area contributed by atoms with Crippen LogP contribution in [0.3, 0.4) is 0 Å². The molecule has 6 nitrogen and oxygen atoms in total. The molecule has 1 amide bonds. The molecule has 0 radical (unpaired) electrons. The quantitative estimate of drug-likeness (QED) is 0.362. The smallest absolute Gasteiger partial charge is 0.220 e. The number of guanidine groups is 1. The van der Waals surface area contributed by atoms with Crippen LogP contribution in [-0.2, 0) is 4.79 Å². The second kappa shape index (κ2) is 9.83. The van der Waals surface area contributed by atoms with E-state index >= 15 is 0 Å². The van der Waals surface area contributed by atoms with Crippen molar-refractivity contribution < 1.29 is 4.79 Å². The van der Waals surface area contributed by atoms with Gasteiger partial charge in [0.2, 0.25) is 5.91 Å². The first kappa shape index (κ1) is 19.8. The molecular weight excluding hydrogens is 362 g/mol. The molecule has 1 aromatic rings. The van der Waals surface area contributed by atoms with Crippen molar-refractivity contribution in [2.24, 2.45) is 4.99 Å². The molecule has 1 heterocycles. The zero-order chi connectivity index (χ0) is 19.1. The van der Waals surface area contributed by atoms with Gasteiger partial charge in [-0.2, -0.15) is 0 Å². The monoisotopic (exact) mass is 391 g/mol. The maximum atomic E-state index is 11.7. The molecule has 27 heavy (non-hydrogen) atoms. The molecule has 3 rings (SSSR count). The number of anilines is 1. The Bertz CT molecular complexity index is 662. The highest BCUT2D eigenvalue weighted by Gasteiger charge is 2.24. The van der Waals surface area contributed by atoms with Gasteiger partial charge in [0.05, 0.1) is 0 Å². The number of hydrogen-bond donors (Lipinski definition) is 3. The van der Waals surface area contributed by atoms with Crippen LogP contribution in [0.1, 0.15) is 39.0 Å². The number of rotatable bonds is 8. The molecule has 1 saturated heterocycles. The van der Waals surface area contributed by atoms with Gasteiger partial charge in [0.1, 0.15) is 0 Å². The van der Waals surface area contributed by atoms with Crippen molar-refractivity contribution in [3.8, 4) is 0 Å². The molecule has 2 fully saturated rings. The van der Waals surface area contributed by atoms with E-state index in [1.807, 2.05) is 18.2 Å². The minimum Gasteiger partial charge on any atom is -0.369 e. The zero-order valence-electron chi connectivity index (χ0n) is 16.0. The molecule has 1 saturated carbocycles. The second-order valence-corrected chi connectivity index (χ2v) is 7.70. The van der Waals surface area contributed by atoms with Crippen LogP contribution in [0.25, 0.3) is 0 Å². The Morgan fingerprint density at radius 3 is 2.85 bits per heavy atom. The van der Waals surface area contributed by atoms with E-state index in [1.54, 1.807) is 0 Å². The van der Waals surface area contributed by atoms with E-state index in [4.69, 9.17) is 11.6 Å². The number of halogens is 1. The van der Waals surface area contributed by atoms with Gasteiger partial charge in [0.25, 0.3) is 0 Å². The fraction of sp³-hybridized carbons (Fsp3) is 0.600. The molecule has 0 aromatic heterocycles. The molecule has 1 aliphatic carbocycles. The fourth-order valence-corrected chi connectivity index (χ4v) is 3.44. The predicted molar refractivity (Wildman–Crippen MR) is 112 cm³/mol. The Morgan fingerprint density at radius 2 is 2.11 bits per heavy atom. The van der Waals surface area contributed by atoms with Crippen LogP contribution < -0.4 is 20.9 Å². The summed E-state index contributed by atoms with van der Waals surface area (Å²) in [5.74, 6) is 0.983. The van der Waals surface area contributed by atoms with Gasteiger partial charge in [-0.25, -0.2) is 0 Å². The molecule has 2 aliphatic rings. The van der Waals surface area contributed by atoms with Gasteiger partial charge in [0, 0.05) is 55.4 Å². The Morgan fingerprint density at radius 1 is 1.26 bits per heavy atom. The van der Waals surface area contributed by atoms with Crippen LogP contribution in [0.2, 0.25) is 5.02 Å². The topological polar surface area (TPSA) is 68.8 Å². The summed E-state index contributed by atoms with van der Waals surface area (Å²) in [6, 6.07) is 8.78. The van der Waals surface area contributed by atoms with E-state index in [-0.39, 0.29) is 5.91 Å². The molecule has 1 aromatic carbocycles. The normalized spacial score (nSPS) is 19.9. The van der Waals surface area contributed by atoms with E-state index in [9.17, 15) is 4.79 Å². The largest absolute Gasteiger partial charge is 0.369 e. The number of nitrogens with zero attached hydrogens (tertiary/aromatic N) is 2. The first-order valence-electron chi connectivity index (χ1n) is 9.98. The number of nitrogens with one attached hydrogen (secondary N) is 3. The minimum atomic E-state index is 0.151. The third kappa shape index (κ3) is 6.61. The van der Waals surface area contributed by atoms with Crippen molar-refractivity contribution in [2.75, 3.05) is 31.1 Å². The number of amides is 1. The van der Waals surface area contributed by atoms with E-state index in [1.165, 1.54) is 0 Å². The fourth-order valence-electron chi connectivity index (χ4n) is 3.26. The van der Waals surface area contributed by atoms with E-state index in [0.29, 0.717) is 25.0 Å². The standard InChI is InChI=1S/C20H30ClN5O/c1-2-22-20(23-11-4-7-19(27)24-16-8-9-16)25-17-10-12-26(14-17)18-6-3-5-15(21)13-18/h3,5-6,13,16-17H,2,4,7-12,14H2,1H3,(H,24,27)(H2,22,23,25). The van der Waals surface area contributed by atoms with Crippen molar-refractivity contribution in [2.45, 2.75) is 51.1 Å². The van der Waals surface area contributed by atoms with Gasteiger partial charge >= 0.3 is 0 Å². The molecule has 7 heteroatoms. The number of benzene rings is 1. The summed E-state index contributed by atoms with van der Waals surface area (Å²) in [7, 11) is 0. The first-order chi connectivity index (χ1) is 13.1. The molecule has 3 N–H and O–H groups in total. The lowest BCUT2D eigenvalue weighted by Gasteiger charge is -2.20. The molecule has 0 bridgehead atoms. The van der Waals surface area contributed by atoms with Crippen LogP contribution in [0, 0.1) is 0 Å². The van der Waals surface area contributed by atoms with Gasteiger partial charge in [-0.3, -0.25) is 9.79 Å². The lowest BCUT2D eigenvalue weighted by Crippen LogP contribution is -2.44. The van der Waals surface area contributed by atoms with E-state index < -0.39 is 0 Å². The highest BCUT2D eigenvalue weighted by Crippen LogP contribution is 2.23. The van der Waals surface area contributed by atoms with Crippen LogP contribution in [0.15, 0.2) is 29.3 Å². The summed E-state index contributed by atoms with van der Waals surface area (Å²) >= 11 is 6.11. The second-order valence-electron chi connectivity index (χ2n) is 7.26. The SMILES string of the molecule is CCNC(=NCCCC(=O)NC1CC1)NC1CCN(c2cccc(Cl)c2)C1. The van der Waals surface area contributed by atoms with Crippen LogP contribution in [-0.4, -0.2) is 50.1 Å². The van der Waals surface area contributed by atoms with Gasteiger partial charge in [-0.1, -0.05) is 17.7 Å². The maximum Gasteiger partial charge on any atom is 0.220 e. The number of carbonyl (C=O) groups is 1. The van der Waals surface area contributed by atoms with Gasteiger partial charge in [-0.15, -0.1) is 0 Å². The van der Waals surface area contributed by atoms with Gasteiger partial charge < -0.3 is 20.9 Å². The van der Waals surface area contributed by atoms with Crippen molar-refractivity contribution in [3.05, 3.63) is 29.3 Å². The first-order valence-corrected chi connectivity index (χ1v) is 10.4. The summed E-state index contributed by atoms with van der Waals surface area (Å²) in [5.41, 5.74) is 1.16. The average molecular weight is 392 g/mol. The minimum absolute atomic E-state index is 0.151. The van der Waals surface area contributed by atoms with Crippen LogP contribution in [0.4, 0.5) is 5.69 Å². The summed E-state index contributed by atoms with van der Waals surface area (Å²) < 4.78 is 0. The van der Waals surface area contributed by atoms with E-state index in [2.05, 4.69) is 38.8 Å². The Labute approximate surface area is 166 Å². The summed E-state index contributed by atoms with van der Waals surface area (Å²) in [6.45, 7) is 5.46.